The van der Waals surface area contributed by atoms with Crippen LogP contribution in [0.25, 0.3) is 0 Å². The standard InChI is InChI=1S/C18H19BrN2O4S/c1-12-18(22)21(11-14-10-15(19)4-7-17(14)25-12)9-8-13-2-5-16(6-3-13)26(20,23)24/h2-7,10,12H,8-9,11H2,1H3,(H2,20,23,24). The highest BCUT2D eigenvalue weighted by Gasteiger charge is 2.27. The third kappa shape index (κ3) is 4.25. The Kier molecular flexibility index (Phi) is 5.36. The quantitative estimate of drug-likeness (QED) is 0.793. The number of ether oxygens (including phenoxy) is 1. The van der Waals surface area contributed by atoms with Crippen molar-refractivity contribution in [2.24, 2.45) is 5.14 Å². The van der Waals surface area contributed by atoms with Gasteiger partial charge in [-0.15, -0.1) is 0 Å². The number of hydrogen-bond acceptors (Lipinski definition) is 4. The minimum Gasteiger partial charge on any atom is -0.481 e. The van der Waals surface area contributed by atoms with Gasteiger partial charge in [-0.1, -0.05) is 28.1 Å². The van der Waals surface area contributed by atoms with Gasteiger partial charge in [-0.2, -0.15) is 0 Å². The number of halogens is 1. The molecule has 1 heterocycles. The molecule has 0 spiro atoms. The molecule has 3 rings (SSSR count). The zero-order valence-electron chi connectivity index (χ0n) is 14.2. The van der Waals surface area contributed by atoms with Crippen molar-refractivity contribution in [1.82, 2.24) is 4.90 Å². The zero-order valence-corrected chi connectivity index (χ0v) is 16.6. The molecule has 0 aromatic heterocycles. The van der Waals surface area contributed by atoms with Crippen molar-refractivity contribution in [3.8, 4) is 5.75 Å². The largest absolute Gasteiger partial charge is 0.481 e. The maximum atomic E-state index is 12.6. The summed E-state index contributed by atoms with van der Waals surface area (Å²) in [6, 6.07) is 12.1. The minimum atomic E-state index is -3.70. The lowest BCUT2D eigenvalue weighted by atomic mass is 10.1. The number of primary sulfonamides is 1. The van der Waals surface area contributed by atoms with Crippen molar-refractivity contribution < 1.29 is 17.9 Å². The fourth-order valence-corrected chi connectivity index (χ4v) is 3.79. The van der Waals surface area contributed by atoms with E-state index in [1.807, 2.05) is 18.2 Å². The van der Waals surface area contributed by atoms with Gasteiger partial charge in [0.1, 0.15) is 5.75 Å². The SMILES string of the molecule is CC1Oc2ccc(Br)cc2CN(CCc2ccc(S(N)(=O)=O)cc2)C1=O. The number of nitrogens with two attached hydrogens (primary N) is 1. The van der Waals surface area contributed by atoms with Crippen molar-refractivity contribution in [3.05, 3.63) is 58.1 Å². The summed E-state index contributed by atoms with van der Waals surface area (Å²) in [6.45, 7) is 2.72. The fourth-order valence-electron chi connectivity index (χ4n) is 2.87. The lowest BCUT2D eigenvalue weighted by Crippen LogP contribution is -2.39. The van der Waals surface area contributed by atoms with E-state index in [-0.39, 0.29) is 10.8 Å². The monoisotopic (exact) mass is 438 g/mol. The maximum absolute atomic E-state index is 12.6. The van der Waals surface area contributed by atoms with Crippen LogP contribution in [0.3, 0.4) is 0 Å². The van der Waals surface area contributed by atoms with Gasteiger partial charge in [0, 0.05) is 23.1 Å². The smallest absolute Gasteiger partial charge is 0.263 e. The maximum Gasteiger partial charge on any atom is 0.263 e. The van der Waals surface area contributed by atoms with Crippen molar-refractivity contribution in [1.29, 1.82) is 0 Å². The van der Waals surface area contributed by atoms with Crippen molar-refractivity contribution >= 4 is 31.9 Å². The number of rotatable bonds is 4. The van der Waals surface area contributed by atoms with Crippen molar-refractivity contribution in [2.75, 3.05) is 6.54 Å². The van der Waals surface area contributed by atoms with E-state index in [9.17, 15) is 13.2 Å². The first-order valence-corrected chi connectivity index (χ1v) is 10.4. The number of amides is 1. The molecule has 8 heteroatoms. The van der Waals surface area contributed by atoms with Gasteiger partial charge < -0.3 is 9.64 Å². The summed E-state index contributed by atoms with van der Waals surface area (Å²) in [5.74, 6) is 0.646. The third-order valence-electron chi connectivity index (χ3n) is 4.27. The Labute approximate surface area is 161 Å². The van der Waals surface area contributed by atoms with Crippen molar-refractivity contribution in [3.63, 3.8) is 0 Å². The first-order valence-electron chi connectivity index (χ1n) is 8.09. The molecule has 0 bridgehead atoms. The Morgan fingerprint density at radius 1 is 1.23 bits per heavy atom. The van der Waals surface area contributed by atoms with E-state index in [4.69, 9.17) is 9.88 Å². The third-order valence-corrected chi connectivity index (χ3v) is 5.69. The van der Waals surface area contributed by atoms with Gasteiger partial charge in [-0.3, -0.25) is 4.79 Å². The average Bonchev–Trinajstić information content (AvgIpc) is 2.70. The predicted molar refractivity (Wildman–Crippen MR) is 101 cm³/mol. The summed E-state index contributed by atoms with van der Waals surface area (Å²) in [6.07, 6.45) is 0.0503. The van der Waals surface area contributed by atoms with Gasteiger partial charge in [-0.05, 0) is 49.2 Å². The second-order valence-electron chi connectivity index (χ2n) is 6.21. The Balaban J connectivity index is 1.75. The van der Waals surface area contributed by atoms with Gasteiger partial charge in [0.2, 0.25) is 10.0 Å². The lowest BCUT2D eigenvalue weighted by Gasteiger charge is -2.22. The molecule has 2 aromatic carbocycles. The van der Waals surface area contributed by atoms with E-state index >= 15 is 0 Å². The van der Waals surface area contributed by atoms with Gasteiger partial charge >= 0.3 is 0 Å². The summed E-state index contributed by atoms with van der Waals surface area (Å²) < 4.78 is 29.3. The van der Waals surface area contributed by atoms with Crippen LogP contribution in [0.1, 0.15) is 18.1 Å². The van der Waals surface area contributed by atoms with Crippen LogP contribution in [0.4, 0.5) is 0 Å². The van der Waals surface area contributed by atoms with Gasteiger partial charge in [0.25, 0.3) is 5.91 Å². The number of nitrogens with zero attached hydrogens (tertiary/aromatic N) is 1. The molecular weight excluding hydrogens is 420 g/mol. The lowest BCUT2D eigenvalue weighted by molar-refractivity contribution is -0.137. The number of benzene rings is 2. The van der Waals surface area contributed by atoms with Crippen LogP contribution in [0.15, 0.2) is 51.8 Å². The molecule has 0 aliphatic carbocycles. The average molecular weight is 439 g/mol. The second-order valence-corrected chi connectivity index (χ2v) is 8.69. The van der Waals surface area contributed by atoms with E-state index in [1.54, 1.807) is 24.0 Å². The first-order chi connectivity index (χ1) is 12.2. The van der Waals surface area contributed by atoms with Crippen LogP contribution in [-0.2, 0) is 27.8 Å². The molecule has 1 amide bonds. The highest BCUT2D eigenvalue weighted by Crippen LogP contribution is 2.28. The number of carbonyl (C=O) groups excluding carboxylic acids is 1. The summed E-state index contributed by atoms with van der Waals surface area (Å²) in [5, 5.41) is 5.11. The van der Waals surface area contributed by atoms with E-state index in [0.717, 1.165) is 15.6 Å². The van der Waals surface area contributed by atoms with Gasteiger partial charge in [-0.25, -0.2) is 13.6 Å². The van der Waals surface area contributed by atoms with Gasteiger partial charge in [0.15, 0.2) is 6.10 Å². The Morgan fingerprint density at radius 3 is 2.58 bits per heavy atom. The van der Waals surface area contributed by atoms with Crippen LogP contribution in [0.5, 0.6) is 5.75 Å². The molecule has 138 valence electrons. The Hall–Kier alpha value is -1.90. The Bertz CT molecular complexity index is 929. The minimum absolute atomic E-state index is 0.0709. The molecule has 0 saturated carbocycles. The molecule has 2 N–H and O–H groups in total. The van der Waals surface area contributed by atoms with Crippen LogP contribution in [0, 0.1) is 0 Å². The molecular formula is C18H19BrN2O4S. The molecule has 1 atom stereocenters. The Morgan fingerprint density at radius 2 is 1.92 bits per heavy atom. The molecule has 0 radical (unpaired) electrons. The summed E-state index contributed by atoms with van der Waals surface area (Å²) >= 11 is 3.45. The highest BCUT2D eigenvalue weighted by atomic mass is 79.9. The number of carbonyl (C=O) groups is 1. The highest BCUT2D eigenvalue weighted by molar-refractivity contribution is 9.10. The van der Waals surface area contributed by atoms with Crippen molar-refractivity contribution in [2.45, 2.75) is 30.9 Å². The first kappa shape index (κ1) is 18.9. The zero-order chi connectivity index (χ0) is 18.9. The summed E-state index contributed by atoms with van der Waals surface area (Å²) in [5.41, 5.74) is 1.87. The van der Waals surface area contributed by atoms with E-state index in [0.29, 0.717) is 25.3 Å². The number of fused-ring (bicyclic) bond motifs is 1. The fraction of sp³-hybridized carbons (Fsp3) is 0.278. The molecule has 1 unspecified atom stereocenters. The molecule has 26 heavy (non-hydrogen) atoms. The molecule has 0 saturated heterocycles. The van der Waals surface area contributed by atoms with Crippen LogP contribution in [-0.4, -0.2) is 31.9 Å². The van der Waals surface area contributed by atoms with Crippen LogP contribution in [0.2, 0.25) is 0 Å². The van der Waals surface area contributed by atoms with Crippen LogP contribution < -0.4 is 9.88 Å². The summed E-state index contributed by atoms with van der Waals surface area (Å²) in [7, 11) is -3.70. The molecule has 6 nitrogen and oxygen atoms in total. The number of hydrogen-bond donors (Lipinski definition) is 1. The second kappa shape index (κ2) is 7.38. The summed E-state index contributed by atoms with van der Waals surface area (Å²) in [4.78, 5) is 14.4. The number of sulfonamides is 1. The van der Waals surface area contributed by atoms with E-state index in [2.05, 4.69) is 15.9 Å². The van der Waals surface area contributed by atoms with Crippen LogP contribution >= 0.6 is 15.9 Å². The predicted octanol–water partition coefficient (Wildman–Crippen LogP) is 2.45. The molecule has 0 fully saturated rings. The van der Waals surface area contributed by atoms with Gasteiger partial charge in [0.05, 0.1) is 4.90 Å². The topological polar surface area (TPSA) is 89.7 Å². The normalized spacial score (nSPS) is 17.4. The van der Waals surface area contributed by atoms with E-state index < -0.39 is 16.1 Å². The molecule has 2 aromatic rings. The molecule has 1 aliphatic rings. The molecule has 1 aliphatic heterocycles. The van der Waals surface area contributed by atoms with E-state index in [1.165, 1.54) is 12.1 Å².